The van der Waals surface area contributed by atoms with Gasteiger partial charge in [0.05, 0.1) is 29.2 Å². The van der Waals surface area contributed by atoms with Gasteiger partial charge in [-0.2, -0.15) is 23.4 Å². The van der Waals surface area contributed by atoms with E-state index in [1.54, 1.807) is 6.20 Å². The monoisotopic (exact) mass is 486 g/mol. The Hall–Kier alpha value is -2.30. The van der Waals surface area contributed by atoms with Crippen LogP contribution in [0, 0.1) is 0 Å². The Morgan fingerprint density at radius 3 is 2.63 bits per heavy atom. The van der Waals surface area contributed by atoms with Crippen LogP contribution in [0.15, 0.2) is 23.1 Å². The van der Waals surface area contributed by atoms with E-state index in [1.807, 2.05) is 17.7 Å². The molecular formula is C19H22BrF3N6O. The Kier molecular flexibility index (Phi) is 5.65. The zero-order valence-corrected chi connectivity index (χ0v) is 18.2. The van der Waals surface area contributed by atoms with E-state index >= 15 is 0 Å². The van der Waals surface area contributed by atoms with E-state index in [0.29, 0.717) is 12.8 Å². The number of nitrogens with one attached hydrogen (secondary N) is 1. The number of halogens is 4. The largest absolute Gasteiger partial charge is 0.486 e. The molecule has 0 spiro atoms. The van der Waals surface area contributed by atoms with Crippen molar-refractivity contribution in [2.24, 2.45) is 7.05 Å². The van der Waals surface area contributed by atoms with Crippen LogP contribution in [0.3, 0.4) is 0 Å². The van der Waals surface area contributed by atoms with Gasteiger partial charge in [0.2, 0.25) is 5.69 Å². The van der Waals surface area contributed by atoms with Crippen LogP contribution in [0.4, 0.5) is 19.0 Å². The van der Waals surface area contributed by atoms with Crippen molar-refractivity contribution in [3.05, 3.63) is 28.8 Å². The maximum Gasteiger partial charge on any atom is 0.438 e. The average molecular weight is 487 g/mol. The van der Waals surface area contributed by atoms with Gasteiger partial charge in [-0.1, -0.05) is 0 Å². The first kappa shape index (κ1) is 21.0. The topological polar surface area (TPSA) is 69.8 Å². The molecule has 1 saturated carbocycles. The van der Waals surface area contributed by atoms with Crippen molar-refractivity contribution in [2.75, 3.05) is 11.9 Å². The fraction of sp³-hybridized carbons (Fsp3) is 0.526. The summed E-state index contributed by atoms with van der Waals surface area (Å²) in [6.07, 6.45) is 1.05. The van der Waals surface area contributed by atoms with Crippen LogP contribution in [-0.2, 0) is 13.2 Å². The maximum atomic E-state index is 13.2. The summed E-state index contributed by atoms with van der Waals surface area (Å²) in [6, 6.07) is 2.12. The summed E-state index contributed by atoms with van der Waals surface area (Å²) in [5.74, 6) is 0.578. The molecule has 0 amide bonds. The lowest BCUT2D eigenvalue weighted by molar-refractivity contribution is -0.143. The molecule has 1 aliphatic rings. The van der Waals surface area contributed by atoms with Gasteiger partial charge in [0.1, 0.15) is 10.4 Å². The predicted octanol–water partition coefficient (Wildman–Crippen LogP) is 4.94. The number of pyridine rings is 1. The Morgan fingerprint density at radius 2 is 1.97 bits per heavy atom. The SMILES string of the molecule is CCNc1cc2c(cn1)c(Br)nn2[C@H]1CC[C@@H](Oc2cn(C)nc2C(F)(F)F)CC1. The minimum atomic E-state index is -4.54. The van der Waals surface area contributed by atoms with Crippen LogP contribution < -0.4 is 10.1 Å². The second-order valence-electron chi connectivity index (χ2n) is 7.41. The molecule has 0 atom stereocenters. The second-order valence-corrected chi connectivity index (χ2v) is 8.17. The summed E-state index contributed by atoms with van der Waals surface area (Å²) in [4.78, 5) is 4.39. The molecule has 30 heavy (non-hydrogen) atoms. The van der Waals surface area contributed by atoms with Gasteiger partial charge in [-0.05, 0) is 48.5 Å². The summed E-state index contributed by atoms with van der Waals surface area (Å²) in [6.45, 7) is 2.78. The van der Waals surface area contributed by atoms with Gasteiger partial charge in [-0.25, -0.2) is 4.98 Å². The number of nitrogens with zero attached hydrogens (tertiary/aromatic N) is 5. The van der Waals surface area contributed by atoms with Gasteiger partial charge >= 0.3 is 6.18 Å². The average Bonchev–Trinajstić information content (AvgIpc) is 3.22. The molecule has 1 N–H and O–H groups in total. The first-order valence-electron chi connectivity index (χ1n) is 9.81. The van der Waals surface area contributed by atoms with E-state index in [9.17, 15) is 13.2 Å². The fourth-order valence-corrected chi connectivity index (χ4v) is 4.36. The van der Waals surface area contributed by atoms with Gasteiger partial charge in [-0.15, -0.1) is 0 Å². The van der Waals surface area contributed by atoms with E-state index in [0.717, 1.165) is 45.4 Å². The van der Waals surface area contributed by atoms with Crippen LogP contribution in [0.25, 0.3) is 10.9 Å². The number of hydrogen-bond acceptors (Lipinski definition) is 5. The smallest absolute Gasteiger partial charge is 0.438 e. The molecule has 1 fully saturated rings. The molecule has 3 aromatic rings. The van der Waals surface area contributed by atoms with E-state index < -0.39 is 11.9 Å². The second kappa shape index (κ2) is 8.09. The van der Waals surface area contributed by atoms with E-state index in [4.69, 9.17) is 4.74 Å². The predicted molar refractivity (Wildman–Crippen MR) is 110 cm³/mol. The number of anilines is 1. The first-order chi connectivity index (χ1) is 14.3. The van der Waals surface area contributed by atoms with Crippen molar-refractivity contribution in [1.82, 2.24) is 24.5 Å². The summed E-state index contributed by atoms with van der Waals surface area (Å²) < 4.78 is 49.0. The molecule has 11 heteroatoms. The molecule has 162 valence electrons. The molecule has 0 aliphatic heterocycles. The van der Waals surface area contributed by atoms with Crippen molar-refractivity contribution in [1.29, 1.82) is 0 Å². The van der Waals surface area contributed by atoms with Crippen molar-refractivity contribution < 1.29 is 17.9 Å². The maximum absolute atomic E-state index is 13.2. The van der Waals surface area contributed by atoms with Crippen molar-refractivity contribution in [2.45, 2.75) is 50.9 Å². The minimum absolute atomic E-state index is 0.145. The van der Waals surface area contributed by atoms with Gasteiger partial charge < -0.3 is 10.1 Å². The van der Waals surface area contributed by atoms with Crippen LogP contribution in [-0.4, -0.2) is 37.2 Å². The molecule has 1 aliphatic carbocycles. The van der Waals surface area contributed by atoms with Crippen LogP contribution in [0.2, 0.25) is 0 Å². The zero-order chi connectivity index (χ0) is 21.5. The third kappa shape index (κ3) is 4.12. The van der Waals surface area contributed by atoms with Crippen molar-refractivity contribution in [3.8, 4) is 5.75 Å². The lowest BCUT2D eigenvalue weighted by Crippen LogP contribution is -2.27. The lowest BCUT2D eigenvalue weighted by atomic mass is 9.93. The molecule has 3 aromatic heterocycles. The number of alkyl halides is 3. The highest BCUT2D eigenvalue weighted by Crippen LogP contribution is 2.38. The number of hydrogen-bond donors (Lipinski definition) is 1. The Morgan fingerprint density at radius 1 is 1.23 bits per heavy atom. The molecule has 3 heterocycles. The van der Waals surface area contributed by atoms with Crippen LogP contribution in [0.1, 0.15) is 44.3 Å². The number of aryl methyl sites for hydroxylation is 1. The Labute approximate surface area is 179 Å². The molecule has 0 saturated heterocycles. The standard InChI is InChI=1S/C19H22BrF3N6O/c1-3-24-16-8-14-13(9-25-16)18(20)27-29(14)11-4-6-12(7-5-11)30-15-10-28(2)26-17(15)19(21,22)23/h8-12H,3-7H2,1-2H3,(H,24,25)/t11-,12+. The highest BCUT2D eigenvalue weighted by atomic mass is 79.9. The highest BCUT2D eigenvalue weighted by Gasteiger charge is 2.39. The normalized spacial score (nSPS) is 19.9. The molecular weight excluding hydrogens is 465 g/mol. The van der Waals surface area contributed by atoms with Crippen molar-refractivity contribution in [3.63, 3.8) is 0 Å². The lowest BCUT2D eigenvalue weighted by Gasteiger charge is -2.29. The number of aromatic nitrogens is 5. The number of rotatable bonds is 5. The third-order valence-electron chi connectivity index (χ3n) is 5.25. The summed E-state index contributed by atoms with van der Waals surface area (Å²) in [5.41, 5.74) is 0.00129. The quantitative estimate of drug-likeness (QED) is 0.552. The fourth-order valence-electron chi connectivity index (χ4n) is 3.89. The summed E-state index contributed by atoms with van der Waals surface area (Å²) in [7, 11) is 1.45. The van der Waals surface area contributed by atoms with Gasteiger partial charge in [-0.3, -0.25) is 9.36 Å². The van der Waals surface area contributed by atoms with Gasteiger partial charge in [0, 0.05) is 25.9 Å². The van der Waals surface area contributed by atoms with Gasteiger partial charge in [0.25, 0.3) is 0 Å². The van der Waals surface area contributed by atoms with Crippen molar-refractivity contribution >= 4 is 32.7 Å². The summed E-state index contributed by atoms with van der Waals surface area (Å²) in [5, 5.41) is 12.3. The van der Waals surface area contributed by atoms with Crippen LogP contribution >= 0.6 is 15.9 Å². The summed E-state index contributed by atoms with van der Waals surface area (Å²) >= 11 is 3.50. The Balaban J connectivity index is 1.48. The zero-order valence-electron chi connectivity index (χ0n) is 16.6. The third-order valence-corrected chi connectivity index (χ3v) is 5.84. The number of ether oxygens (including phenoxy) is 1. The highest BCUT2D eigenvalue weighted by molar-refractivity contribution is 9.10. The minimum Gasteiger partial charge on any atom is -0.486 e. The van der Waals surface area contributed by atoms with E-state index in [-0.39, 0.29) is 17.9 Å². The van der Waals surface area contributed by atoms with E-state index in [1.165, 1.54) is 13.2 Å². The van der Waals surface area contributed by atoms with Crippen LogP contribution in [0.5, 0.6) is 5.75 Å². The Bertz CT molecular complexity index is 1040. The molecule has 4 rings (SSSR count). The molecule has 0 unspecified atom stereocenters. The molecule has 7 nitrogen and oxygen atoms in total. The van der Waals surface area contributed by atoms with Gasteiger partial charge in [0.15, 0.2) is 5.75 Å². The first-order valence-corrected chi connectivity index (χ1v) is 10.6. The van der Waals surface area contributed by atoms with E-state index in [2.05, 4.69) is 36.4 Å². The number of fused-ring (bicyclic) bond motifs is 1. The molecule has 0 bridgehead atoms. The molecule has 0 aromatic carbocycles. The molecule has 0 radical (unpaired) electrons.